The van der Waals surface area contributed by atoms with Crippen molar-refractivity contribution in [2.24, 2.45) is 5.73 Å². The lowest BCUT2D eigenvalue weighted by Gasteiger charge is -2.07. The molecule has 0 atom stereocenters. The summed E-state index contributed by atoms with van der Waals surface area (Å²) in [5, 5.41) is 0. The Morgan fingerprint density at radius 2 is 2.18 bits per heavy atom. The minimum atomic E-state index is -3.40. The third-order valence-corrected chi connectivity index (χ3v) is 4.38. The van der Waals surface area contributed by atoms with Crippen molar-refractivity contribution < 1.29 is 8.42 Å². The van der Waals surface area contributed by atoms with Crippen LogP contribution >= 0.6 is 0 Å². The van der Waals surface area contributed by atoms with Crippen LogP contribution < -0.4 is 10.5 Å². The van der Waals surface area contributed by atoms with Gasteiger partial charge < -0.3 is 10.3 Å². The molecular weight excluding hydrogens is 238 g/mol. The predicted molar refractivity (Wildman–Crippen MR) is 66.1 cm³/mol. The highest BCUT2D eigenvalue weighted by Crippen LogP contribution is 2.37. The summed E-state index contributed by atoms with van der Waals surface area (Å²) >= 11 is 0. The van der Waals surface area contributed by atoms with E-state index in [0.717, 1.165) is 18.5 Å². The summed E-state index contributed by atoms with van der Waals surface area (Å²) < 4.78 is 28.6. The molecule has 0 bridgehead atoms. The van der Waals surface area contributed by atoms with Gasteiger partial charge in [-0.05, 0) is 32.8 Å². The van der Waals surface area contributed by atoms with E-state index in [0.29, 0.717) is 17.5 Å². The second-order valence-electron chi connectivity index (χ2n) is 4.79. The van der Waals surface area contributed by atoms with Crippen LogP contribution in [-0.2, 0) is 16.6 Å². The maximum atomic E-state index is 12.0. The fourth-order valence-electron chi connectivity index (χ4n) is 1.88. The van der Waals surface area contributed by atoms with Gasteiger partial charge in [0.05, 0.1) is 4.90 Å². The summed E-state index contributed by atoms with van der Waals surface area (Å²) in [6.07, 6.45) is 3.92. The summed E-state index contributed by atoms with van der Waals surface area (Å²) in [6, 6.07) is 2.01. The monoisotopic (exact) mass is 257 g/mol. The number of nitrogens with two attached hydrogens (primary N) is 1. The molecule has 1 fully saturated rings. The largest absolute Gasteiger partial charge is 0.346 e. The van der Waals surface area contributed by atoms with E-state index in [4.69, 9.17) is 5.73 Å². The Labute approximate surface area is 102 Å². The smallest absolute Gasteiger partial charge is 0.242 e. The molecule has 5 nitrogen and oxygen atoms in total. The molecule has 0 unspecified atom stereocenters. The van der Waals surface area contributed by atoms with E-state index in [1.54, 1.807) is 26.1 Å². The van der Waals surface area contributed by atoms with Gasteiger partial charge in [-0.3, -0.25) is 0 Å². The van der Waals surface area contributed by atoms with Gasteiger partial charge >= 0.3 is 0 Å². The minimum absolute atomic E-state index is 0.106. The van der Waals surface area contributed by atoms with E-state index in [9.17, 15) is 8.42 Å². The summed E-state index contributed by atoms with van der Waals surface area (Å²) in [7, 11) is -3.40. The van der Waals surface area contributed by atoms with Gasteiger partial charge in [0.15, 0.2) is 0 Å². The van der Waals surface area contributed by atoms with Crippen molar-refractivity contribution in [1.82, 2.24) is 9.29 Å². The van der Waals surface area contributed by atoms with Crippen molar-refractivity contribution in [2.75, 3.05) is 0 Å². The number of nitrogens with zero attached hydrogens (tertiary/aromatic N) is 1. The highest BCUT2D eigenvalue weighted by molar-refractivity contribution is 7.89. The first-order valence-corrected chi connectivity index (χ1v) is 7.35. The van der Waals surface area contributed by atoms with Crippen molar-refractivity contribution in [3.8, 4) is 0 Å². The average molecular weight is 257 g/mol. The number of rotatable bonds is 5. The van der Waals surface area contributed by atoms with Crippen molar-refractivity contribution >= 4 is 10.0 Å². The Morgan fingerprint density at radius 3 is 2.65 bits per heavy atom. The van der Waals surface area contributed by atoms with Gasteiger partial charge in [0, 0.05) is 30.5 Å². The standard InChI is InChI=1S/C11H19N3O2S/c1-8(2)13-17(15,16)11-5-10(6-12)14(7-11)9-3-4-9/h5,7-9,13H,3-4,6,12H2,1-2H3. The van der Waals surface area contributed by atoms with Gasteiger partial charge in [0.25, 0.3) is 0 Å². The lowest BCUT2D eigenvalue weighted by atomic mass is 10.4. The van der Waals surface area contributed by atoms with Gasteiger partial charge in [-0.1, -0.05) is 0 Å². The maximum Gasteiger partial charge on any atom is 0.242 e. The van der Waals surface area contributed by atoms with E-state index >= 15 is 0 Å². The van der Waals surface area contributed by atoms with Gasteiger partial charge in [-0.2, -0.15) is 0 Å². The second kappa shape index (κ2) is 4.44. The number of hydrogen-bond acceptors (Lipinski definition) is 3. The van der Waals surface area contributed by atoms with Crippen molar-refractivity contribution in [3.05, 3.63) is 18.0 Å². The van der Waals surface area contributed by atoms with Crippen LogP contribution in [0.15, 0.2) is 17.2 Å². The van der Waals surface area contributed by atoms with E-state index in [1.165, 1.54) is 0 Å². The topological polar surface area (TPSA) is 77.1 Å². The highest BCUT2D eigenvalue weighted by atomic mass is 32.2. The zero-order valence-electron chi connectivity index (χ0n) is 10.2. The van der Waals surface area contributed by atoms with Gasteiger partial charge in [-0.25, -0.2) is 13.1 Å². The summed E-state index contributed by atoms with van der Waals surface area (Å²) in [4.78, 5) is 0.318. The van der Waals surface area contributed by atoms with Crippen LogP contribution in [0.4, 0.5) is 0 Å². The average Bonchev–Trinajstić information content (AvgIpc) is 2.95. The molecule has 3 N–H and O–H groups in total. The first kappa shape index (κ1) is 12.6. The number of hydrogen-bond donors (Lipinski definition) is 2. The molecule has 6 heteroatoms. The van der Waals surface area contributed by atoms with E-state index in [-0.39, 0.29) is 6.04 Å². The third-order valence-electron chi connectivity index (χ3n) is 2.76. The zero-order chi connectivity index (χ0) is 12.6. The molecule has 0 aromatic carbocycles. The molecule has 1 aliphatic carbocycles. The Hall–Kier alpha value is -0.850. The maximum absolute atomic E-state index is 12.0. The third kappa shape index (κ3) is 2.70. The molecule has 0 radical (unpaired) electrons. The van der Waals surface area contributed by atoms with Crippen LogP contribution in [0.1, 0.15) is 38.4 Å². The van der Waals surface area contributed by atoms with Crippen LogP contribution in [0.2, 0.25) is 0 Å². The second-order valence-corrected chi connectivity index (χ2v) is 6.50. The van der Waals surface area contributed by atoms with Crippen molar-refractivity contribution in [3.63, 3.8) is 0 Å². The fourth-order valence-corrected chi connectivity index (χ4v) is 3.18. The van der Waals surface area contributed by atoms with Crippen LogP contribution in [0.25, 0.3) is 0 Å². The molecule has 2 rings (SSSR count). The van der Waals surface area contributed by atoms with Crippen molar-refractivity contribution in [1.29, 1.82) is 0 Å². The summed E-state index contributed by atoms with van der Waals surface area (Å²) in [5.41, 5.74) is 6.52. The molecular formula is C11H19N3O2S. The molecule has 0 aliphatic heterocycles. The molecule has 1 saturated carbocycles. The van der Waals surface area contributed by atoms with Crippen LogP contribution in [0.5, 0.6) is 0 Å². The predicted octanol–water partition coefficient (Wildman–Crippen LogP) is 0.968. The highest BCUT2D eigenvalue weighted by Gasteiger charge is 2.27. The molecule has 96 valence electrons. The molecule has 17 heavy (non-hydrogen) atoms. The van der Waals surface area contributed by atoms with Gasteiger partial charge in [0.1, 0.15) is 0 Å². The van der Waals surface area contributed by atoms with Gasteiger partial charge in [-0.15, -0.1) is 0 Å². The van der Waals surface area contributed by atoms with E-state index in [2.05, 4.69) is 4.72 Å². The Kier molecular flexibility index (Phi) is 3.29. The fraction of sp³-hybridized carbons (Fsp3) is 0.636. The summed E-state index contributed by atoms with van der Waals surface area (Å²) in [5.74, 6) is 0. The number of sulfonamides is 1. The molecule has 0 spiro atoms. The number of aromatic nitrogens is 1. The molecule has 1 aromatic rings. The molecule has 1 heterocycles. The molecule has 1 aromatic heterocycles. The van der Waals surface area contributed by atoms with Crippen LogP contribution in [0.3, 0.4) is 0 Å². The van der Waals surface area contributed by atoms with Crippen molar-refractivity contribution in [2.45, 2.75) is 50.2 Å². The quantitative estimate of drug-likeness (QED) is 0.825. The van der Waals surface area contributed by atoms with Crippen LogP contribution in [-0.4, -0.2) is 19.0 Å². The van der Waals surface area contributed by atoms with Gasteiger partial charge in [0.2, 0.25) is 10.0 Å². The normalized spacial score (nSPS) is 16.7. The zero-order valence-corrected chi connectivity index (χ0v) is 11.0. The lowest BCUT2D eigenvalue weighted by Crippen LogP contribution is -2.29. The Morgan fingerprint density at radius 1 is 1.53 bits per heavy atom. The Balaban J connectivity index is 2.32. The SMILES string of the molecule is CC(C)NS(=O)(=O)c1cc(CN)n(C2CC2)c1. The molecule has 1 aliphatic rings. The number of nitrogens with one attached hydrogen (secondary N) is 1. The Bertz CT molecular complexity index is 501. The molecule has 0 amide bonds. The summed E-state index contributed by atoms with van der Waals surface area (Å²) in [6.45, 7) is 3.98. The van der Waals surface area contributed by atoms with Crippen LogP contribution in [0, 0.1) is 0 Å². The molecule has 0 saturated heterocycles. The minimum Gasteiger partial charge on any atom is -0.346 e. The first-order valence-electron chi connectivity index (χ1n) is 5.87. The lowest BCUT2D eigenvalue weighted by molar-refractivity contribution is 0.569. The first-order chi connectivity index (χ1) is 7.94. The van der Waals surface area contributed by atoms with E-state index < -0.39 is 10.0 Å². The van der Waals surface area contributed by atoms with E-state index in [1.807, 2.05) is 4.57 Å².